The van der Waals surface area contributed by atoms with Crippen LogP contribution in [0, 0.1) is 0 Å². The van der Waals surface area contributed by atoms with Gasteiger partial charge in [0.15, 0.2) is 5.96 Å². The van der Waals surface area contributed by atoms with E-state index in [0.29, 0.717) is 18.4 Å². The van der Waals surface area contributed by atoms with Gasteiger partial charge in [-0.2, -0.15) is 0 Å². The van der Waals surface area contributed by atoms with Gasteiger partial charge in [-0.15, -0.1) is 0 Å². The van der Waals surface area contributed by atoms with Gasteiger partial charge in [-0.05, 0) is 18.9 Å². The third-order valence-corrected chi connectivity index (χ3v) is 3.23. The minimum Gasteiger partial charge on any atom is -0.478 e. The minimum atomic E-state index is -0.936. The van der Waals surface area contributed by atoms with Gasteiger partial charge in [0, 0.05) is 18.4 Å². The van der Waals surface area contributed by atoms with Gasteiger partial charge >= 0.3 is 5.97 Å². The van der Waals surface area contributed by atoms with Crippen molar-refractivity contribution < 1.29 is 14.6 Å². The van der Waals surface area contributed by atoms with E-state index in [1.807, 2.05) is 13.8 Å². The number of hydrogen-bond acceptors (Lipinski definition) is 3. The summed E-state index contributed by atoms with van der Waals surface area (Å²) in [5.74, 6) is -0.952. The summed E-state index contributed by atoms with van der Waals surface area (Å²) in [5, 5.41) is 9.12. The van der Waals surface area contributed by atoms with Crippen molar-refractivity contribution in [3.05, 3.63) is 11.6 Å². The largest absolute Gasteiger partial charge is 0.478 e. The number of ether oxygens (including phenoxy) is 1. The Morgan fingerprint density at radius 3 is 2.63 bits per heavy atom. The van der Waals surface area contributed by atoms with Gasteiger partial charge in [-0.1, -0.05) is 13.8 Å². The minimum absolute atomic E-state index is 0.0158. The molecule has 0 spiro atoms. The molecule has 0 saturated heterocycles. The maximum Gasteiger partial charge on any atom is 0.331 e. The molecular weight excluding hydrogens is 246 g/mol. The highest BCUT2D eigenvalue weighted by atomic mass is 16.5. The number of guanidine groups is 1. The van der Waals surface area contributed by atoms with Crippen molar-refractivity contribution in [3.8, 4) is 0 Å². The first kappa shape index (κ1) is 15.5. The number of hydrogen-bond donors (Lipinski definition) is 3. The number of rotatable bonds is 6. The number of aliphatic imine (C=N–C) groups is 1. The van der Waals surface area contributed by atoms with Crippen LogP contribution in [-0.4, -0.2) is 35.3 Å². The van der Waals surface area contributed by atoms with E-state index in [0.717, 1.165) is 12.8 Å². The quantitative estimate of drug-likeness (QED) is 0.492. The average molecular weight is 269 g/mol. The lowest BCUT2D eigenvalue weighted by Crippen LogP contribution is -2.32. The Morgan fingerprint density at radius 1 is 1.53 bits per heavy atom. The van der Waals surface area contributed by atoms with Crippen LogP contribution in [-0.2, 0) is 9.53 Å². The highest BCUT2D eigenvalue weighted by molar-refractivity contribution is 5.87. The Morgan fingerprint density at radius 2 is 2.16 bits per heavy atom. The van der Waals surface area contributed by atoms with Crippen LogP contribution in [0.25, 0.3) is 0 Å². The Hall–Kier alpha value is -1.56. The van der Waals surface area contributed by atoms with Crippen LogP contribution in [0.3, 0.4) is 0 Å². The summed E-state index contributed by atoms with van der Waals surface area (Å²) in [6, 6.07) is -0.222. The van der Waals surface area contributed by atoms with Gasteiger partial charge in [0.05, 0.1) is 18.2 Å². The molecule has 108 valence electrons. The summed E-state index contributed by atoms with van der Waals surface area (Å²) >= 11 is 0. The highest BCUT2D eigenvalue weighted by Gasteiger charge is 2.27. The van der Waals surface area contributed by atoms with Gasteiger partial charge in [0.1, 0.15) is 0 Å². The molecule has 1 aliphatic rings. The van der Waals surface area contributed by atoms with Gasteiger partial charge in [-0.25, -0.2) is 9.79 Å². The smallest absolute Gasteiger partial charge is 0.331 e. The monoisotopic (exact) mass is 269 g/mol. The third-order valence-electron chi connectivity index (χ3n) is 3.23. The molecule has 1 aliphatic carbocycles. The van der Waals surface area contributed by atoms with Gasteiger partial charge in [0.25, 0.3) is 0 Å². The van der Waals surface area contributed by atoms with Crippen LogP contribution in [0.4, 0.5) is 0 Å². The molecule has 5 N–H and O–H groups in total. The number of aliphatic carboxylic acids is 1. The molecular formula is C13H23N3O3. The fraction of sp³-hybridized carbons (Fsp3) is 0.692. The summed E-state index contributed by atoms with van der Waals surface area (Å²) in [6.07, 6.45) is 4.33. The first-order valence-corrected chi connectivity index (χ1v) is 6.64. The number of carboxylic acids is 1. The number of carbonyl (C=O) groups is 1. The van der Waals surface area contributed by atoms with Gasteiger partial charge in [0.2, 0.25) is 0 Å². The molecule has 0 aromatic heterocycles. The normalized spacial score (nSPS) is 23.0. The molecule has 6 nitrogen and oxygen atoms in total. The van der Waals surface area contributed by atoms with Crippen molar-refractivity contribution in [2.75, 3.05) is 0 Å². The zero-order valence-corrected chi connectivity index (χ0v) is 11.5. The van der Waals surface area contributed by atoms with Crippen molar-refractivity contribution in [2.45, 2.75) is 57.8 Å². The summed E-state index contributed by atoms with van der Waals surface area (Å²) in [7, 11) is 0. The summed E-state index contributed by atoms with van der Waals surface area (Å²) in [6.45, 7) is 4.10. The lowest BCUT2D eigenvalue weighted by Gasteiger charge is -2.28. The van der Waals surface area contributed by atoms with E-state index in [9.17, 15) is 4.79 Å². The molecule has 0 heterocycles. The number of nitrogens with two attached hydrogens (primary N) is 2. The highest BCUT2D eigenvalue weighted by Crippen LogP contribution is 2.25. The summed E-state index contributed by atoms with van der Waals surface area (Å²) in [5.41, 5.74) is 11.0. The molecule has 6 heteroatoms. The fourth-order valence-electron chi connectivity index (χ4n) is 2.26. The van der Waals surface area contributed by atoms with E-state index in [4.69, 9.17) is 21.3 Å². The van der Waals surface area contributed by atoms with Crippen molar-refractivity contribution in [2.24, 2.45) is 16.5 Å². The standard InChI is InChI=1S/C13H23N3O3/c1-3-10(4-2)19-11-6-8(12(17)18)5-9(7-11)16-13(14)15/h6,9-11H,3-5,7H2,1-2H3,(H,17,18)(H4,14,15,16). The number of carboxylic acid groups (broad SMARTS) is 1. The summed E-state index contributed by atoms with van der Waals surface area (Å²) in [4.78, 5) is 15.2. The molecule has 0 aromatic carbocycles. The predicted octanol–water partition coefficient (Wildman–Crippen LogP) is 1.01. The second-order valence-corrected chi connectivity index (χ2v) is 4.76. The molecule has 19 heavy (non-hydrogen) atoms. The molecule has 2 atom stereocenters. The van der Waals surface area contributed by atoms with E-state index < -0.39 is 5.97 Å². The van der Waals surface area contributed by atoms with Crippen LogP contribution in [0.2, 0.25) is 0 Å². The summed E-state index contributed by atoms with van der Waals surface area (Å²) < 4.78 is 5.89. The zero-order valence-electron chi connectivity index (χ0n) is 11.5. The topological polar surface area (TPSA) is 111 Å². The maximum absolute atomic E-state index is 11.1. The maximum atomic E-state index is 11.1. The van der Waals surface area contributed by atoms with Crippen molar-refractivity contribution in [1.29, 1.82) is 0 Å². The van der Waals surface area contributed by atoms with Crippen molar-refractivity contribution in [1.82, 2.24) is 0 Å². The molecule has 0 aromatic rings. The van der Waals surface area contributed by atoms with Crippen LogP contribution in [0.5, 0.6) is 0 Å². The van der Waals surface area contributed by atoms with E-state index in [2.05, 4.69) is 4.99 Å². The number of nitrogens with zero attached hydrogens (tertiary/aromatic N) is 1. The fourth-order valence-corrected chi connectivity index (χ4v) is 2.26. The van der Waals surface area contributed by atoms with E-state index >= 15 is 0 Å². The lowest BCUT2D eigenvalue weighted by molar-refractivity contribution is -0.133. The van der Waals surface area contributed by atoms with Crippen LogP contribution in [0.1, 0.15) is 39.5 Å². The second kappa shape index (κ2) is 7.13. The Labute approximate surface area is 113 Å². The van der Waals surface area contributed by atoms with E-state index in [-0.39, 0.29) is 24.2 Å². The van der Waals surface area contributed by atoms with Gasteiger partial charge < -0.3 is 21.3 Å². The van der Waals surface area contributed by atoms with Gasteiger partial charge in [-0.3, -0.25) is 0 Å². The second-order valence-electron chi connectivity index (χ2n) is 4.76. The molecule has 0 amide bonds. The third kappa shape index (κ3) is 4.90. The first-order valence-electron chi connectivity index (χ1n) is 6.64. The molecule has 0 bridgehead atoms. The van der Waals surface area contributed by atoms with Crippen molar-refractivity contribution in [3.63, 3.8) is 0 Å². The van der Waals surface area contributed by atoms with Crippen molar-refractivity contribution >= 4 is 11.9 Å². The Bertz CT molecular complexity index is 371. The van der Waals surface area contributed by atoms with E-state index in [1.54, 1.807) is 6.08 Å². The van der Waals surface area contributed by atoms with Crippen LogP contribution >= 0.6 is 0 Å². The molecule has 0 aliphatic heterocycles. The van der Waals surface area contributed by atoms with Crippen LogP contribution in [0.15, 0.2) is 16.6 Å². The molecule has 1 rings (SSSR count). The Balaban J connectivity index is 2.81. The predicted molar refractivity (Wildman–Crippen MR) is 73.8 cm³/mol. The average Bonchev–Trinajstić information content (AvgIpc) is 2.34. The zero-order chi connectivity index (χ0) is 14.4. The lowest BCUT2D eigenvalue weighted by atomic mass is 9.93. The van der Waals surface area contributed by atoms with E-state index in [1.165, 1.54) is 0 Å². The van der Waals surface area contributed by atoms with Crippen LogP contribution < -0.4 is 11.5 Å². The Kier molecular flexibility index (Phi) is 5.82. The molecule has 2 unspecified atom stereocenters. The molecule has 0 saturated carbocycles. The SMILES string of the molecule is CCC(CC)OC1C=C(C(=O)O)CC(N=C(N)N)C1. The first-order chi connectivity index (χ1) is 8.96. The molecule has 0 radical (unpaired) electrons. The molecule has 0 fully saturated rings.